The molecule has 3 rings (SSSR count). The monoisotopic (exact) mass is 232 g/mol. The van der Waals surface area contributed by atoms with E-state index in [4.69, 9.17) is 15.2 Å². The lowest BCUT2D eigenvalue weighted by Crippen LogP contribution is -2.04. The molecular formula is C11H12N4O2. The number of ether oxygens (including phenoxy) is 2. The van der Waals surface area contributed by atoms with Crippen molar-refractivity contribution in [2.45, 2.75) is 13.0 Å². The summed E-state index contributed by atoms with van der Waals surface area (Å²) in [6.45, 7) is 2.13. The molecule has 0 fully saturated rings. The average Bonchev–Trinajstić information content (AvgIpc) is 2.97. The van der Waals surface area contributed by atoms with E-state index in [2.05, 4.69) is 10.3 Å². The molecule has 88 valence electrons. The van der Waals surface area contributed by atoms with Crippen LogP contribution in [0.25, 0.3) is 5.69 Å². The van der Waals surface area contributed by atoms with Gasteiger partial charge in [0, 0.05) is 12.1 Å². The van der Waals surface area contributed by atoms with Gasteiger partial charge in [0.15, 0.2) is 11.5 Å². The maximum atomic E-state index is 5.73. The summed E-state index contributed by atoms with van der Waals surface area (Å²) in [6, 6.07) is 5.48. The predicted octanol–water partition coefficient (Wildman–Crippen LogP) is 1.02. The van der Waals surface area contributed by atoms with Crippen LogP contribution in [0.15, 0.2) is 24.4 Å². The largest absolute Gasteiger partial charge is 0.454 e. The minimum Gasteiger partial charge on any atom is -0.454 e. The van der Waals surface area contributed by atoms with Crippen molar-refractivity contribution in [1.82, 2.24) is 15.0 Å². The van der Waals surface area contributed by atoms with Crippen LogP contribution < -0.4 is 15.2 Å². The summed E-state index contributed by atoms with van der Waals surface area (Å²) >= 11 is 0. The molecule has 17 heavy (non-hydrogen) atoms. The maximum absolute atomic E-state index is 5.73. The van der Waals surface area contributed by atoms with Crippen LogP contribution in [0.1, 0.15) is 18.7 Å². The van der Waals surface area contributed by atoms with Crippen LogP contribution in [0, 0.1) is 0 Å². The van der Waals surface area contributed by atoms with E-state index in [1.807, 2.05) is 31.3 Å². The molecule has 0 spiro atoms. The Morgan fingerprint density at radius 1 is 1.35 bits per heavy atom. The minimum absolute atomic E-state index is 0.127. The SMILES string of the molecule is CC(N)c1cn(-c2ccc3c(c2)OCO3)nn1. The Morgan fingerprint density at radius 2 is 2.18 bits per heavy atom. The normalized spacial score (nSPS) is 14.9. The van der Waals surface area contributed by atoms with Crippen molar-refractivity contribution in [3.05, 3.63) is 30.1 Å². The van der Waals surface area contributed by atoms with Crippen molar-refractivity contribution in [3.63, 3.8) is 0 Å². The van der Waals surface area contributed by atoms with Crippen molar-refractivity contribution < 1.29 is 9.47 Å². The molecule has 1 aliphatic heterocycles. The molecule has 1 unspecified atom stereocenters. The van der Waals surface area contributed by atoms with Gasteiger partial charge in [-0.15, -0.1) is 5.10 Å². The molecule has 0 bridgehead atoms. The lowest BCUT2D eigenvalue weighted by molar-refractivity contribution is 0.174. The highest BCUT2D eigenvalue weighted by atomic mass is 16.7. The smallest absolute Gasteiger partial charge is 0.231 e. The van der Waals surface area contributed by atoms with E-state index < -0.39 is 0 Å². The molecule has 2 aromatic rings. The summed E-state index contributed by atoms with van der Waals surface area (Å²) in [5.41, 5.74) is 7.36. The average molecular weight is 232 g/mol. The first-order valence-corrected chi connectivity index (χ1v) is 5.32. The Balaban J connectivity index is 1.97. The van der Waals surface area contributed by atoms with Crippen LogP contribution in [0.2, 0.25) is 0 Å². The van der Waals surface area contributed by atoms with Crippen LogP contribution in [0.4, 0.5) is 0 Å². The van der Waals surface area contributed by atoms with E-state index in [1.54, 1.807) is 4.68 Å². The molecule has 2 heterocycles. The minimum atomic E-state index is -0.127. The highest BCUT2D eigenvalue weighted by Gasteiger charge is 2.14. The van der Waals surface area contributed by atoms with Crippen molar-refractivity contribution >= 4 is 0 Å². The van der Waals surface area contributed by atoms with E-state index in [1.165, 1.54) is 0 Å². The van der Waals surface area contributed by atoms with Crippen molar-refractivity contribution in [2.24, 2.45) is 5.73 Å². The number of fused-ring (bicyclic) bond motifs is 1. The predicted molar refractivity (Wildman–Crippen MR) is 60.1 cm³/mol. The lowest BCUT2D eigenvalue weighted by atomic mass is 10.2. The summed E-state index contributed by atoms with van der Waals surface area (Å²) < 4.78 is 12.2. The Kier molecular flexibility index (Phi) is 2.22. The molecular weight excluding hydrogens is 220 g/mol. The third-order valence-corrected chi connectivity index (χ3v) is 2.60. The zero-order valence-corrected chi connectivity index (χ0v) is 9.33. The molecule has 0 radical (unpaired) electrons. The third-order valence-electron chi connectivity index (χ3n) is 2.60. The third kappa shape index (κ3) is 1.72. The molecule has 0 amide bonds. The van der Waals surface area contributed by atoms with Gasteiger partial charge in [-0.2, -0.15) is 0 Å². The molecule has 0 saturated carbocycles. The molecule has 6 nitrogen and oxygen atoms in total. The number of nitrogens with two attached hydrogens (primary N) is 1. The van der Waals surface area contributed by atoms with Gasteiger partial charge in [-0.3, -0.25) is 0 Å². The van der Waals surface area contributed by atoms with E-state index >= 15 is 0 Å². The van der Waals surface area contributed by atoms with Crippen molar-refractivity contribution in [2.75, 3.05) is 6.79 Å². The Bertz CT molecular complexity index is 550. The number of hydrogen-bond acceptors (Lipinski definition) is 5. The fourth-order valence-electron chi connectivity index (χ4n) is 1.64. The Labute approximate surface area is 97.9 Å². The van der Waals surface area contributed by atoms with Crippen molar-refractivity contribution in [1.29, 1.82) is 0 Å². The number of nitrogens with zero attached hydrogens (tertiary/aromatic N) is 3. The van der Waals surface area contributed by atoms with Gasteiger partial charge in [0.2, 0.25) is 6.79 Å². The molecule has 0 saturated heterocycles. The first-order chi connectivity index (χ1) is 8.24. The molecule has 1 aromatic carbocycles. The van der Waals surface area contributed by atoms with Gasteiger partial charge in [0.25, 0.3) is 0 Å². The van der Waals surface area contributed by atoms with Gasteiger partial charge in [-0.25, -0.2) is 4.68 Å². The van der Waals surface area contributed by atoms with E-state index in [-0.39, 0.29) is 12.8 Å². The van der Waals surface area contributed by atoms with Gasteiger partial charge in [-0.05, 0) is 19.1 Å². The second-order valence-electron chi connectivity index (χ2n) is 3.91. The summed E-state index contributed by atoms with van der Waals surface area (Å²) in [5, 5.41) is 8.02. The van der Waals surface area contributed by atoms with Gasteiger partial charge in [-0.1, -0.05) is 5.21 Å². The lowest BCUT2D eigenvalue weighted by Gasteiger charge is -2.01. The molecule has 0 aliphatic carbocycles. The fraction of sp³-hybridized carbons (Fsp3) is 0.273. The first kappa shape index (κ1) is 10.1. The number of rotatable bonds is 2. The summed E-state index contributed by atoms with van der Waals surface area (Å²) in [7, 11) is 0. The van der Waals surface area contributed by atoms with Gasteiger partial charge >= 0.3 is 0 Å². The highest BCUT2D eigenvalue weighted by molar-refractivity contribution is 5.49. The number of hydrogen-bond donors (Lipinski definition) is 1. The van der Waals surface area contributed by atoms with Crippen LogP contribution in [-0.4, -0.2) is 21.8 Å². The van der Waals surface area contributed by atoms with Gasteiger partial charge in [0.1, 0.15) is 0 Å². The molecule has 1 aliphatic rings. The fourth-order valence-corrected chi connectivity index (χ4v) is 1.64. The molecule has 1 atom stereocenters. The molecule has 1 aromatic heterocycles. The number of benzene rings is 1. The molecule has 6 heteroatoms. The quantitative estimate of drug-likeness (QED) is 0.836. The van der Waals surface area contributed by atoms with E-state index in [0.717, 1.165) is 22.9 Å². The van der Waals surface area contributed by atoms with Crippen molar-refractivity contribution in [3.8, 4) is 17.2 Å². The first-order valence-electron chi connectivity index (χ1n) is 5.32. The summed E-state index contributed by atoms with van der Waals surface area (Å²) in [5.74, 6) is 1.47. The van der Waals surface area contributed by atoms with Crippen LogP contribution in [0.5, 0.6) is 11.5 Å². The van der Waals surface area contributed by atoms with Crippen LogP contribution in [-0.2, 0) is 0 Å². The number of aromatic nitrogens is 3. The maximum Gasteiger partial charge on any atom is 0.231 e. The highest BCUT2D eigenvalue weighted by Crippen LogP contribution is 2.33. The standard InChI is InChI=1S/C11H12N4O2/c1-7(12)9-5-15(14-13-9)8-2-3-10-11(4-8)17-6-16-10/h2-5,7H,6,12H2,1H3. The Hall–Kier alpha value is -2.08. The zero-order chi connectivity index (χ0) is 11.8. The van der Waals surface area contributed by atoms with Crippen LogP contribution >= 0.6 is 0 Å². The summed E-state index contributed by atoms with van der Waals surface area (Å²) in [6.07, 6.45) is 1.81. The topological polar surface area (TPSA) is 75.2 Å². The van der Waals surface area contributed by atoms with Gasteiger partial charge < -0.3 is 15.2 Å². The second kappa shape index (κ2) is 3.74. The Morgan fingerprint density at radius 3 is 2.94 bits per heavy atom. The van der Waals surface area contributed by atoms with E-state index in [0.29, 0.717) is 0 Å². The van der Waals surface area contributed by atoms with Gasteiger partial charge in [0.05, 0.1) is 17.6 Å². The summed E-state index contributed by atoms with van der Waals surface area (Å²) in [4.78, 5) is 0. The second-order valence-corrected chi connectivity index (χ2v) is 3.91. The zero-order valence-electron chi connectivity index (χ0n) is 9.33. The van der Waals surface area contributed by atoms with E-state index in [9.17, 15) is 0 Å². The van der Waals surface area contributed by atoms with Crippen LogP contribution in [0.3, 0.4) is 0 Å². The molecule has 2 N–H and O–H groups in total.